The first-order chi connectivity index (χ1) is 13.5. The molecule has 1 fully saturated rings. The Morgan fingerprint density at radius 2 is 2.18 bits per heavy atom. The Labute approximate surface area is 167 Å². The van der Waals surface area contributed by atoms with E-state index < -0.39 is 6.04 Å². The third-order valence-corrected chi connectivity index (χ3v) is 5.79. The first-order valence-electron chi connectivity index (χ1n) is 9.49. The maximum Gasteiger partial charge on any atom is 0.249 e. The number of aromatic amines is 1. The van der Waals surface area contributed by atoms with Crippen LogP contribution in [0.4, 0.5) is 5.13 Å². The molecule has 1 atom stereocenters. The summed E-state index contributed by atoms with van der Waals surface area (Å²) in [6, 6.07) is 7.47. The molecule has 8 heteroatoms. The van der Waals surface area contributed by atoms with Gasteiger partial charge in [0.1, 0.15) is 11.0 Å². The summed E-state index contributed by atoms with van der Waals surface area (Å²) < 4.78 is 0. The van der Waals surface area contributed by atoms with Crippen LogP contribution in [-0.2, 0) is 22.6 Å². The molecule has 0 bridgehead atoms. The lowest BCUT2D eigenvalue weighted by Crippen LogP contribution is -2.41. The number of anilines is 1. The van der Waals surface area contributed by atoms with Crippen LogP contribution in [0.15, 0.2) is 30.5 Å². The summed E-state index contributed by atoms with van der Waals surface area (Å²) in [5.41, 5.74) is 2.04. The second-order valence-corrected chi connectivity index (χ2v) is 8.59. The van der Waals surface area contributed by atoms with Crippen LogP contribution in [-0.4, -0.2) is 37.9 Å². The van der Waals surface area contributed by atoms with Crippen molar-refractivity contribution in [1.82, 2.24) is 20.1 Å². The van der Waals surface area contributed by atoms with Gasteiger partial charge in [0.25, 0.3) is 0 Å². The van der Waals surface area contributed by atoms with Crippen LogP contribution in [0.3, 0.4) is 0 Å². The van der Waals surface area contributed by atoms with Crippen LogP contribution >= 0.6 is 11.3 Å². The van der Waals surface area contributed by atoms with Crippen molar-refractivity contribution in [2.24, 2.45) is 5.92 Å². The van der Waals surface area contributed by atoms with E-state index in [9.17, 15) is 9.59 Å². The number of amides is 2. The molecule has 4 rings (SSSR count). The van der Waals surface area contributed by atoms with Crippen LogP contribution in [0, 0.1) is 5.92 Å². The van der Waals surface area contributed by atoms with Crippen LogP contribution < -0.4 is 5.32 Å². The fraction of sp³-hybridized carbons (Fsp3) is 0.400. The normalized spacial score (nSPS) is 17.0. The first kappa shape index (κ1) is 18.6. The summed E-state index contributed by atoms with van der Waals surface area (Å²) in [4.78, 5) is 30.2. The van der Waals surface area contributed by atoms with Gasteiger partial charge >= 0.3 is 0 Å². The Kier molecular flexibility index (Phi) is 5.13. The third-order valence-electron chi connectivity index (χ3n) is 4.93. The van der Waals surface area contributed by atoms with Gasteiger partial charge in [0.15, 0.2) is 0 Å². The molecule has 146 valence electrons. The zero-order valence-corrected chi connectivity index (χ0v) is 16.8. The van der Waals surface area contributed by atoms with Gasteiger partial charge in [-0.15, -0.1) is 10.2 Å². The molecule has 1 aromatic carbocycles. The lowest BCUT2D eigenvalue weighted by molar-refractivity contribution is -0.133. The van der Waals surface area contributed by atoms with E-state index in [2.05, 4.69) is 34.3 Å². The molecule has 1 saturated heterocycles. The number of nitrogens with zero attached hydrogens (tertiary/aromatic N) is 3. The SMILES string of the molecule is CC(C)Cc1nnc(NC(=O)C2CCC(=O)N2Cc2c[nH]c3ccccc23)s1. The number of fused-ring (bicyclic) bond motifs is 1. The lowest BCUT2D eigenvalue weighted by Gasteiger charge is -2.23. The van der Waals surface area contributed by atoms with Crippen molar-refractivity contribution in [2.75, 3.05) is 5.32 Å². The molecule has 0 saturated carbocycles. The average Bonchev–Trinajstić information content (AvgIpc) is 3.36. The number of hydrogen-bond acceptors (Lipinski definition) is 5. The van der Waals surface area contributed by atoms with E-state index in [-0.39, 0.29) is 11.8 Å². The molecule has 2 N–H and O–H groups in total. The summed E-state index contributed by atoms with van der Waals surface area (Å²) in [7, 11) is 0. The largest absolute Gasteiger partial charge is 0.361 e. The van der Waals surface area contributed by atoms with Gasteiger partial charge in [-0.1, -0.05) is 43.4 Å². The summed E-state index contributed by atoms with van der Waals surface area (Å²) in [5.74, 6) is 0.289. The third kappa shape index (κ3) is 3.77. The molecule has 0 aliphatic carbocycles. The van der Waals surface area contributed by atoms with Crippen molar-refractivity contribution in [3.63, 3.8) is 0 Å². The van der Waals surface area contributed by atoms with Gasteiger partial charge in [0, 0.05) is 36.5 Å². The number of H-pyrrole nitrogens is 1. The van der Waals surface area contributed by atoms with Gasteiger partial charge in [-0.3, -0.25) is 14.9 Å². The van der Waals surface area contributed by atoms with Crippen LogP contribution in [0.25, 0.3) is 10.9 Å². The predicted molar refractivity (Wildman–Crippen MR) is 109 cm³/mol. The van der Waals surface area contributed by atoms with Gasteiger partial charge in [-0.25, -0.2) is 0 Å². The van der Waals surface area contributed by atoms with Crippen LogP contribution in [0.1, 0.15) is 37.3 Å². The molecule has 0 radical (unpaired) electrons. The lowest BCUT2D eigenvalue weighted by atomic mass is 10.1. The van der Waals surface area contributed by atoms with Gasteiger partial charge in [-0.05, 0) is 24.0 Å². The number of nitrogens with one attached hydrogen (secondary N) is 2. The van der Waals surface area contributed by atoms with Gasteiger partial charge < -0.3 is 9.88 Å². The summed E-state index contributed by atoms with van der Waals surface area (Å²) in [6.07, 6.45) is 3.65. The van der Waals surface area contributed by atoms with Crippen LogP contribution in [0.2, 0.25) is 0 Å². The minimum atomic E-state index is -0.487. The monoisotopic (exact) mass is 397 g/mol. The van der Waals surface area contributed by atoms with Crippen LogP contribution in [0.5, 0.6) is 0 Å². The number of benzene rings is 1. The highest BCUT2D eigenvalue weighted by molar-refractivity contribution is 7.15. The fourth-order valence-corrected chi connectivity index (χ4v) is 4.53. The Morgan fingerprint density at radius 3 is 3.00 bits per heavy atom. The average molecular weight is 398 g/mol. The number of rotatable bonds is 6. The molecule has 1 aliphatic rings. The number of hydrogen-bond donors (Lipinski definition) is 2. The molecule has 0 spiro atoms. The van der Waals surface area contributed by atoms with Gasteiger partial charge in [0.2, 0.25) is 16.9 Å². The molecule has 3 aromatic rings. The van der Waals surface area contributed by atoms with Crippen molar-refractivity contribution < 1.29 is 9.59 Å². The molecule has 1 aliphatic heterocycles. The number of aromatic nitrogens is 3. The molecule has 3 heterocycles. The zero-order valence-electron chi connectivity index (χ0n) is 15.9. The number of para-hydroxylation sites is 1. The highest BCUT2D eigenvalue weighted by Crippen LogP contribution is 2.27. The maximum atomic E-state index is 12.8. The van der Waals surface area contributed by atoms with Crippen molar-refractivity contribution >= 4 is 39.2 Å². The molecule has 2 aromatic heterocycles. The molecule has 7 nitrogen and oxygen atoms in total. The smallest absolute Gasteiger partial charge is 0.249 e. The van der Waals surface area contributed by atoms with Crippen molar-refractivity contribution in [3.05, 3.63) is 41.0 Å². The number of carbonyl (C=O) groups excluding carboxylic acids is 2. The summed E-state index contributed by atoms with van der Waals surface area (Å²) >= 11 is 1.39. The molecule has 1 unspecified atom stereocenters. The standard InChI is InChI=1S/C20H23N5O2S/c1-12(2)9-17-23-24-20(28-17)22-19(27)16-7-8-18(26)25(16)11-13-10-21-15-6-4-3-5-14(13)15/h3-6,10,12,16,21H,7-9,11H2,1-2H3,(H,22,24,27). The van der Waals surface area contributed by atoms with E-state index >= 15 is 0 Å². The first-order valence-corrected chi connectivity index (χ1v) is 10.3. The van der Waals surface area contributed by atoms with E-state index in [1.54, 1.807) is 4.90 Å². The Bertz CT molecular complexity index is 1010. The minimum Gasteiger partial charge on any atom is -0.361 e. The molecular weight excluding hydrogens is 374 g/mol. The second kappa shape index (κ2) is 7.71. The van der Waals surface area contributed by atoms with Gasteiger partial charge in [0.05, 0.1) is 0 Å². The topological polar surface area (TPSA) is 91.0 Å². The number of carbonyl (C=O) groups is 2. The Morgan fingerprint density at radius 1 is 1.36 bits per heavy atom. The van der Waals surface area contributed by atoms with E-state index in [0.29, 0.717) is 30.4 Å². The van der Waals surface area contributed by atoms with E-state index in [1.165, 1.54) is 11.3 Å². The molecule has 28 heavy (non-hydrogen) atoms. The summed E-state index contributed by atoms with van der Waals surface area (Å²) in [5, 5.41) is 13.5. The summed E-state index contributed by atoms with van der Waals surface area (Å²) in [6.45, 7) is 4.65. The van der Waals surface area contributed by atoms with E-state index in [4.69, 9.17) is 0 Å². The minimum absolute atomic E-state index is 0.00296. The number of likely N-dealkylation sites (tertiary alicyclic amines) is 1. The maximum absolute atomic E-state index is 12.8. The Hall–Kier alpha value is -2.74. The highest BCUT2D eigenvalue weighted by atomic mass is 32.1. The van der Waals surface area contributed by atoms with E-state index in [0.717, 1.165) is 27.9 Å². The van der Waals surface area contributed by atoms with Gasteiger partial charge in [-0.2, -0.15) is 0 Å². The molecule has 2 amide bonds. The molecular formula is C20H23N5O2S. The predicted octanol–water partition coefficient (Wildman–Crippen LogP) is 3.35. The van der Waals surface area contributed by atoms with Crippen molar-refractivity contribution in [1.29, 1.82) is 0 Å². The van der Waals surface area contributed by atoms with Crippen molar-refractivity contribution in [3.8, 4) is 0 Å². The quantitative estimate of drug-likeness (QED) is 0.667. The fourth-order valence-electron chi connectivity index (χ4n) is 3.57. The second-order valence-electron chi connectivity index (χ2n) is 7.52. The zero-order chi connectivity index (χ0) is 19.7. The highest BCUT2D eigenvalue weighted by Gasteiger charge is 2.36. The van der Waals surface area contributed by atoms with E-state index in [1.807, 2.05) is 30.5 Å². The van der Waals surface area contributed by atoms with Crippen molar-refractivity contribution in [2.45, 2.75) is 45.7 Å². The Balaban J connectivity index is 1.48.